The first-order valence-electron chi connectivity index (χ1n) is 14.0. The van der Waals surface area contributed by atoms with Crippen LogP contribution in [0.1, 0.15) is 83.3 Å². The summed E-state index contributed by atoms with van der Waals surface area (Å²) in [6.07, 6.45) is 9.30. The number of likely N-dealkylation sites (tertiary alicyclic amines) is 1. The van der Waals surface area contributed by atoms with Gasteiger partial charge in [-0.3, -0.25) is 14.4 Å². The van der Waals surface area contributed by atoms with Gasteiger partial charge in [0.05, 0.1) is 0 Å². The Hall–Kier alpha value is -2.95. The van der Waals surface area contributed by atoms with Gasteiger partial charge >= 0.3 is 0 Å². The van der Waals surface area contributed by atoms with Crippen molar-refractivity contribution in [2.24, 2.45) is 5.41 Å². The number of hydrogen-bond donors (Lipinski definition) is 0. The van der Waals surface area contributed by atoms with Crippen LogP contribution in [0, 0.1) is 5.41 Å². The van der Waals surface area contributed by atoms with E-state index in [1.165, 1.54) is 11.1 Å². The number of carbonyl (C=O) groups is 3. The summed E-state index contributed by atoms with van der Waals surface area (Å²) in [5.41, 5.74) is 1.89. The number of ketones is 1. The van der Waals surface area contributed by atoms with Gasteiger partial charge in [0.25, 0.3) is 5.91 Å². The molecule has 1 aliphatic rings. The maximum atomic E-state index is 13.4. The molecule has 3 rings (SSSR count). The average Bonchev–Trinajstić information content (AvgIpc) is 2.93. The topological polar surface area (TPSA) is 57.7 Å². The third-order valence-corrected chi connectivity index (χ3v) is 8.00. The predicted molar refractivity (Wildman–Crippen MR) is 149 cm³/mol. The molecule has 1 fully saturated rings. The van der Waals surface area contributed by atoms with Gasteiger partial charge in [-0.2, -0.15) is 0 Å². The molecule has 1 heterocycles. The molecule has 0 bridgehead atoms. The fraction of sp³-hybridized carbons (Fsp3) is 0.531. The van der Waals surface area contributed by atoms with Crippen LogP contribution in [0.15, 0.2) is 60.7 Å². The molecule has 0 aliphatic carbocycles. The summed E-state index contributed by atoms with van der Waals surface area (Å²) in [5, 5.41) is 0. The van der Waals surface area contributed by atoms with Crippen molar-refractivity contribution in [2.45, 2.75) is 97.2 Å². The number of piperidine rings is 1. The second kappa shape index (κ2) is 14.1. The van der Waals surface area contributed by atoms with Crippen molar-refractivity contribution in [3.8, 4) is 0 Å². The number of nitrogens with zero attached hydrogens (tertiary/aromatic N) is 2. The molecule has 1 atom stereocenters. The van der Waals surface area contributed by atoms with E-state index in [4.69, 9.17) is 0 Å². The second-order valence-corrected chi connectivity index (χ2v) is 11.0. The van der Waals surface area contributed by atoms with Crippen molar-refractivity contribution in [2.75, 3.05) is 6.54 Å². The molecular weight excluding hydrogens is 460 g/mol. The summed E-state index contributed by atoms with van der Waals surface area (Å²) in [5.74, 6) is -0.784. The van der Waals surface area contributed by atoms with E-state index in [9.17, 15) is 14.4 Å². The van der Waals surface area contributed by atoms with Crippen LogP contribution in [0.5, 0.6) is 0 Å². The number of Topliss-reactive ketones (excluding diaryl/α,β-unsaturated/α-hetero) is 1. The quantitative estimate of drug-likeness (QED) is 0.227. The van der Waals surface area contributed by atoms with E-state index in [0.717, 1.165) is 64.2 Å². The molecule has 0 N–H and O–H groups in total. The molecule has 0 spiro atoms. The Morgan fingerprint density at radius 2 is 1.49 bits per heavy atom. The van der Waals surface area contributed by atoms with Gasteiger partial charge in [-0.05, 0) is 75.3 Å². The van der Waals surface area contributed by atoms with Crippen molar-refractivity contribution in [3.05, 3.63) is 71.8 Å². The fourth-order valence-corrected chi connectivity index (χ4v) is 5.26. The largest absolute Gasteiger partial charge is 0.322 e. The van der Waals surface area contributed by atoms with Gasteiger partial charge in [-0.1, -0.05) is 81.4 Å². The maximum Gasteiger partial charge on any atom is 0.292 e. The summed E-state index contributed by atoms with van der Waals surface area (Å²) in [7, 11) is 0. The fourth-order valence-electron chi connectivity index (χ4n) is 5.26. The Morgan fingerprint density at radius 3 is 1.97 bits per heavy atom. The van der Waals surface area contributed by atoms with Crippen LogP contribution in [0.25, 0.3) is 0 Å². The highest BCUT2D eigenvalue weighted by atomic mass is 16.2. The maximum absolute atomic E-state index is 13.4. The Balaban J connectivity index is 1.76. The number of aryl methyl sites for hydroxylation is 2. The monoisotopic (exact) mass is 504 g/mol. The van der Waals surface area contributed by atoms with Gasteiger partial charge in [-0.25, -0.2) is 0 Å². The minimum atomic E-state index is -0.699. The lowest BCUT2D eigenvalue weighted by molar-refractivity contribution is -0.157. The number of benzene rings is 2. The highest BCUT2D eigenvalue weighted by Crippen LogP contribution is 2.29. The molecule has 0 unspecified atom stereocenters. The number of carbonyl (C=O) groups excluding carboxylic acids is 3. The van der Waals surface area contributed by atoms with Gasteiger partial charge in [0.1, 0.15) is 6.17 Å². The van der Waals surface area contributed by atoms with Crippen LogP contribution < -0.4 is 0 Å². The molecule has 2 amide bonds. The molecule has 5 heteroatoms. The molecule has 0 saturated carbocycles. The molecule has 2 aromatic carbocycles. The van der Waals surface area contributed by atoms with Crippen molar-refractivity contribution in [1.82, 2.24) is 9.80 Å². The van der Waals surface area contributed by atoms with Crippen molar-refractivity contribution in [3.63, 3.8) is 0 Å². The SMILES string of the molecule is CCC(C)(C)C(=O)C(=O)N1CCCC[C@H]1N(C=O)C(CCCc1ccccc1)CCCc1ccccc1. The van der Waals surface area contributed by atoms with E-state index >= 15 is 0 Å². The van der Waals surface area contributed by atoms with Crippen LogP contribution in [0.3, 0.4) is 0 Å². The van der Waals surface area contributed by atoms with Gasteiger partial charge in [0, 0.05) is 18.0 Å². The van der Waals surface area contributed by atoms with E-state index in [2.05, 4.69) is 48.5 Å². The number of rotatable bonds is 14. The molecule has 37 heavy (non-hydrogen) atoms. The third kappa shape index (κ3) is 8.02. The first-order chi connectivity index (χ1) is 17.9. The molecule has 200 valence electrons. The zero-order valence-corrected chi connectivity index (χ0v) is 22.9. The number of amides is 2. The molecule has 1 aliphatic heterocycles. The highest BCUT2D eigenvalue weighted by Gasteiger charge is 2.40. The van der Waals surface area contributed by atoms with Crippen LogP contribution in [-0.2, 0) is 27.2 Å². The second-order valence-electron chi connectivity index (χ2n) is 11.0. The van der Waals surface area contributed by atoms with E-state index in [1.54, 1.807) is 4.90 Å². The minimum absolute atomic E-state index is 0.0256. The summed E-state index contributed by atoms with van der Waals surface area (Å²) in [6, 6.07) is 20.9. The van der Waals surface area contributed by atoms with Crippen molar-refractivity contribution in [1.29, 1.82) is 0 Å². The summed E-state index contributed by atoms with van der Waals surface area (Å²) < 4.78 is 0. The van der Waals surface area contributed by atoms with Crippen LogP contribution in [0.2, 0.25) is 0 Å². The normalized spacial score (nSPS) is 16.0. The smallest absolute Gasteiger partial charge is 0.292 e. The van der Waals surface area contributed by atoms with Gasteiger partial charge < -0.3 is 9.80 Å². The lowest BCUT2D eigenvalue weighted by Gasteiger charge is -2.44. The molecular formula is C32H44N2O3. The lowest BCUT2D eigenvalue weighted by Crippen LogP contribution is -2.58. The molecule has 1 saturated heterocycles. The molecule has 0 aromatic heterocycles. The van der Waals surface area contributed by atoms with Crippen LogP contribution >= 0.6 is 0 Å². The zero-order chi connectivity index (χ0) is 26.7. The summed E-state index contributed by atoms with van der Waals surface area (Å²) in [6.45, 7) is 6.13. The van der Waals surface area contributed by atoms with Crippen molar-refractivity contribution >= 4 is 18.1 Å². The predicted octanol–water partition coefficient (Wildman–Crippen LogP) is 6.20. The van der Waals surface area contributed by atoms with Gasteiger partial charge in [-0.15, -0.1) is 0 Å². The summed E-state index contributed by atoms with van der Waals surface area (Å²) >= 11 is 0. The van der Waals surface area contributed by atoms with Crippen molar-refractivity contribution < 1.29 is 14.4 Å². The lowest BCUT2D eigenvalue weighted by atomic mass is 9.84. The standard InChI is InChI=1S/C32H44N2O3/c1-4-32(2,3)30(36)31(37)33-24-12-11-23-29(33)34(25-35)28(21-13-19-26-15-7-5-8-16-26)22-14-20-27-17-9-6-10-18-27/h5-10,15-18,25,28-29H,4,11-14,19-24H2,1-3H3/t29-/m1/s1. The van der Waals surface area contributed by atoms with E-state index in [0.29, 0.717) is 13.0 Å². The third-order valence-electron chi connectivity index (χ3n) is 8.00. The Kier molecular flexibility index (Phi) is 10.9. The average molecular weight is 505 g/mol. The minimum Gasteiger partial charge on any atom is -0.322 e. The van der Waals surface area contributed by atoms with Gasteiger partial charge in [0.15, 0.2) is 0 Å². The molecule has 0 radical (unpaired) electrons. The summed E-state index contributed by atoms with van der Waals surface area (Å²) in [4.78, 5) is 42.6. The van der Waals surface area contributed by atoms with Crippen LogP contribution in [0.4, 0.5) is 0 Å². The first kappa shape index (κ1) is 28.6. The van der Waals surface area contributed by atoms with Gasteiger partial charge in [0.2, 0.25) is 12.2 Å². The van der Waals surface area contributed by atoms with E-state index in [1.807, 2.05) is 37.8 Å². The Labute approximate surface area is 223 Å². The Morgan fingerprint density at radius 1 is 0.946 bits per heavy atom. The van der Waals surface area contributed by atoms with E-state index in [-0.39, 0.29) is 18.0 Å². The molecule has 5 nitrogen and oxygen atoms in total. The van der Waals surface area contributed by atoms with E-state index < -0.39 is 11.3 Å². The zero-order valence-electron chi connectivity index (χ0n) is 22.9. The van der Waals surface area contributed by atoms with Crippen LogP contribution in [-0.4, -0.2) is 46.7 Å². The first-order valence-corrected chi connectivity index (χ1v) is 14.0. The Bertz CT molecular complexity index is 944. The number of hydrogen-bond acceptors (Lipinski definition) is 3. The molecule has 2 aromatic rings. The highest BCUT2D eigenvalue weighted by molar-refractivity contribution is 6.38.